The van der Waals surface area contributed by atoms with E-state index in [0.29, 0.717) is 17.8 Å². The number of carboxylic acids is 1. The van der Waals surface area contributed by atoms with E-state index in [4.69, 9.17) is 4.42 Å². The van der Waals surface area contributed by atoms with Crippen molar-refractivity contribution in [2.45, 2.75) is 18.4 Å². The smallest absolute Gasteiger partial charge is 0.338 e. The van der Waals surface area contributed by atoms with E-state index in [9.17, 15) is 9.90 Å². The van der Waals surface area contributed by atoms with Crippen LogP contribution in [-0.4, -0.2) is 16.8 Å². The summed E-state index contributed by atoms with van der Waals surface area (Å²) in [5, 5.41) is 12.5. The lowest BCUT2D eigenvalue weighted by Gasteiger charge is -2.12. The molecule has 1 aromatic carbocycles. The molecule has 19 heavy (non-hydrogen) atoms. The Bertz CT molecular complexity index is 552. The number of thioether (sulfide) groups is 1. The van der Waals surface area contributed by atoms with Crippen LogP contribution in [0, 0.1) is 0 Å². The number of anilines is 1. The van der Waals surface area contributed by atoms with E-state index in [1.54, 1.807) is 18.4 Å². The first-order chi connectivity index (χ1) is 9.22. The Balaban J connectivity index is 2.23. The Morgan fingerprint density at radius 3 is 2.84 bits per heavy atom. The first kappa shape index (κ1) is 13.5. The second-order valence-electron chi connectivity index (χ2n) is 3.85. The minimum Gasteiger partial charge on any atom is -0.478 e. The molecule has 2 rings (SSSR count). The topological polar surface area (TPSA) is 62.5 Å². The number of carbonyl (C=O) groups is 1. The fourth-order valence-corrected chi connectivity index (χ4v) is 2.60. The van der Waals surface area contributed by atoms with Gasteiger partial charge in [-0.3, -0.25) is 0 Å². The number of carboxylic acid groups (broad SMARTS) is 1. The predicted molar refractivity (Wildman–Crippen MR) is 75.8 cm³/mol. The highest BCUT2D eigenvalue weighted by Gasteiger charge is 2.15. The third-order valence-corrected chi connectivity index (χ3v) is 3.51. The maximum absolute atomic E-state index is 11.4. The van der Waals surface area contributed by atoms with Crippen LogP contribution >= 0.6 is 11.8 Å². The van der Waals surface area contributed by atoms with Crippen LogP contribution in [-0.2, 0) is 6.54 Å². The Hall–Kier alpha value is -1.88. The Morgan fingerprint density at radius 1 is 1.37 bits per heavy atom. The Kier molecular flexibility index (Phi) is 4.52. The number of hydrogen-bond donors (Lipinski definition) is 2. The molecule has 100 valence electrons. The average molecular weight is 277 g/mol. The molecule has 0 aliphatic rings. The van der Waals surface area contributed by atoms with E-state index in [1.807, 2.05) is 25.1 Å². The van der Waals surface area contributed by atoms with Crippen molar-refractivity contribution in [3.8, 4) is 0 Å². The zero-order valence-electron chi connectivity index (χ0n) is 10.6. The number of furan rings is 1. The highest BCUT2D eigenvalue weighted by molar-refractivity contribution is 7.99. The maximum Gasteiger partial charge on any atom is 0.338 e. The van der Waals surface area contributed by atoms with Gasteiger partial charge >= 0.3 is 5.97 Å². The molecule has 0 aliphatic carbocycles. The van der Waals surface area contributed by atoms with Crippen molar-refractivity contribution in [3.05, 3.63) is 47.9 Å². The number of aromatic carboxylic acids is 1. The van der Waals surface area contributed by atoms with Crippen molar-refractivity contribution >= 4 is 23.4 Å². The van der Waals surface area contributed by atoms with E-state index in [1.165, 1.54) is 11.8 Å². The first-order valence-electron chi connectivity index (χ1n) is 5.97. The number of rotatable bonds is 6. The normalized spacial score (nSPS) is 10.4. The van der Waals surface area contributed by atoms with E-state index in [-0.39, 0.29) is 0 Å². The van der Waals surface area contributed by atoms with Crippen LogP contribution in [0.15, 0.2) is 45.9 Å². The molecule has 0 fully saturated rings. The second-order valence-corrected chi connectivity index (χ2v) is 5.16. The summed E-state index contributed by atoms with van der Waals surface area (Å²) in [6.45, 7) is 2.47. The molecule has 2 N–H and O–H groups in total. The van der Waals surface area contributed by atoms with Crippen LogP contribution in [0.2, 0.25) is 0 Å². The first-order valence-corrected chi connectivity index (χ1v) is 6.96. The Labute approximate surface area is 115 Å². The van der Waals surface area contributed by atoms with Crippen molar-refractivity contribution < 1.29 is 14.3 Å². The van der Waals surface area contributed by atoms with E-state index < -0.39 is 5.97 Å². The molecule has 0 bridgehead atoms. The van der Waals surface area contributed by atoms with Crippen molar-refractivity contribution in [3.63, 3.8) is 0 Å². The summed E-state index contributed by atoms with van der Waals surface area (Å²) >= 11 is 1.52. The fourth-order valence-electron chi connectivity index (χ4n) is 1.77. The standard InChI is InChI=1S/C14H15NO3S/c1-2-19-12-7-3-6-11(13(12)14(16)17)15-9-10-5-4-8-18-10/h3-8,15H,2,9H2,1H3,(H,16,17). The van der Waals surface area contributed by atoms with Crippen molar-refractivity contribution in [1.29, 1.82) is 0 Å². The van der Waals surface area contributed by atoms with Crippen LogP contribution < -0.4 is 5.32 Å². The molecule has 0 radical (unpaired) electrons. The highest BCUT2D eigenvalue weighted by Crippen LogP contribution is 2.28. The van der Waals surface area contributed by atoms with Gasteiger partial charge in [0, 0.05) is 4.90 Å². The van der Waals surface area contributed by atoms with E-state index in [2.05, 4.69) is 5.32 Å². The molecular weight excluding hydrogens is 262 g/mol. The summed E-state index contributed by atoms with van der Waals surface area (Å²) in [7, 11) is 0. The maximum atomic E-state index is 11.4. The summed E-state index contributed by atoms with van der Waals surface area (Å²) in [5.74, 6) is 0.686. The van der Waals surface area contributed by atoms with Gasteiger partial charge in [0.25, 0.3) is 0 Å². The molecule has 0 atom stereocenters. The summed E-state index contributed by atoms with van der Waals surface area (Å²) in [4.78, 5) is 12.2. The molecule has 0 unspecified atom stereocenters. The van der Waals surface area contributed by atoms with Gasteiger partial charge in [-0.2, -0.15) is 0 Å². The third kappa shape index (κ3) is 3.32. The molecule has 5 heteroatoms. The van der Waals surface area contributed by atoms with E-state index >= 15 is 0 Å². The minimum atomic E-state index is -0.918. The molecule has 0 saturated heterocycles. The van der Waals surface area contributed by atoms with Gasteiger partial charge in [0.2, 0.25) is 0 Å². The minimum absolute atomic E-state index is 0.320. The predicted octanol–water partition coefficient (Wildman–Crippen LogP) is 3.70. The molecule has 1 heterocycles. The van der Waals surface area contributed by atoms with Gasteiger partial charge in [-0.1, -0.05) is 13.0 Å². The van der Waals surface area contributed by atoms with Crippen LogP contribution in [0.25, 0.3) is 0 Å². The van der Waals surface area contributed by atoms with Crippen LogP contribution in [0.4, 0.5) is 5.69 Å². The lowest BCUT2D eigenvalue weighted by atomic mass is 10.1. The van der Waals surface area contributed by atoms with Crippen molar-refractivity contribution in [1.82, 2.24) is 0 Å². The quantitative estimate of drug-likeness (QED) is 0.788. The lowest BCUT2D eigenvalue weighted by Crippen LogP contribution is -2.07. The van der Waals surface area contributed by atoms with Crippen LogP contribution in [0.3, 0.4) is 0 Å². The molecule has 2 aromatic rings. The van der Waals surface area contributed by atoms with Gasteiger partial charge in [0.15, 0.2) is 0 Å². The van der Waals surface area contributed by atoms with Gasteiger partial charge in [0.05, 0.1) is 24.1 Å². The molecule has 1 aromatic heterocycles. The lowest BCUT2D eigenvalue weighted by molar-refractivity contribution is 0.0694. The zero-order valence-corrected chi connectivity index (χ0v) is 11.4. The van der Waals surface area contributed by atoms with Gasteiger partial charge in [-0.15, -0.1) is 11.8 Å². The van der Waals surface area contributed by atoms with Gasteiger partial charge in [-0.25, -0.2) is 4.79 Å². The number of hydrogen-bond acceptors (Lipinski definition) is 4. The molecule has 0 saturated carbocycles. The van der Waals surface area contributed by atoms with Gasteiger partial charge in [0.1, 0.15) is 5.76 Å². The average Bonchev–Trinajstić information content (AvgIpc) is 2.89. The summed E-state index contributed by atoms with van der Waals surface area (Å²) < 4.78 is 5.22. The molecule has 0 aliphatic heterocycles. The van der Waals surface area contributed by atoms with Crippen LogP contribution in [0.5, 0.6) is 0 Å². The van der Waals surface area contributed by atoms with Crippen LogP contribution in [0.1, 0.15) is 23.0 Å². The largest absolute Gasteiger partial charge is 0.478 e. The summed E-state index contributed by atoms with van der Waals surface area (Å²) in [5.41, 5.74) is 0.934. The molecule has 4 nitrogen and oxygen atoms in total. The Morgan fingerprint density at radius 2 is 2.21 bits per heavy atom. The third-order valence-electron chi connectivity index (χ3n) is 2.57. The number of benzene rings is 1. The van der Waals surface area contributed by atoms with Crippen molar-refractivity contribution in [2.24, 2.45) is 0 Å². The van der Waals surface area contributed by atoms with Gasteiger partial charge < -0.3 is 14.8 Å². The van der Waals surface area contributed by atoms with E-state index in [0.717, 1.165) is 16.4 Å². The zero-order chi connectivity index (χ0) is 13.7. The van der Waals surface area contributed by atoms with Gasteiger partial charge in [-0.05, 0) is 30.0 Å². The molecule has 0 amide bonds. The second kappa shape index (κ2) is 6.33. The molecule has 0 spiro atoms. The summed E-state index contributed by atoms with van der Waals surface area (Å²) in [6.07, 6.45) is 1.60. The molecular formula is C14H15NO3S. The summed E-state index contributed by atoms with van der Waals surface area (Å²) in [6, 6.07) is 9.10. The fraction of sp³-hybridized carbons (Fsp3) is 0.214. The monoisotopic (exact) mass is 277 g/mol. The highest BCUT2D eigenvalue weighted by atomic mass is 32.2. The SMILES string of the molecule is CCSc1cccc(NCc2ccco2)c1C(=O)O. The van der Waals surface area contributed by atoms with Crippen molar-refractivity contribution in [2.75, 3.05) is 11.1 Å². The number of nitrogens with one attached hydrogen (secondary N) is 1.